The SMILES string of the molecule is CCc1cccc(CC)c1NC(=O)c1cccc(NC(=O)C(C)C)c1. The average molecular weight is 338 g/mol. The maximum Gasteiger partial charge on any atom is 0.255 e. The van der Waals surface area contributed by atoms with Crippen LogP contribution in [0.1, 0.15) is 49.2 Å². The molecule has 132 valence electrons. The van der Waals surface area contributed by atoms with E-state index >= 15 is 0 Å². The summed E-state index contributed by atoms with van der Waals surface area (Å²) < 4.78 is 0. The Kier molecular flexibility index (Phi) is 6.34. The molecule has 0 spiro atoms. The Labute approximate surface area is 149 Å². The van der Waals surface area contributed by atoms with Crippen LogP contribution in [0.15, 0.2) is 42.5 Å². The van der Waals surface area contributed by atoms with Crippen molar-refractivity contribution in [2.24, 2.45) is 5.92 Å². The van der Waals surface area contributed by atoms with E-state index in [1.807, 2.05) is 32.0 Å². The number of carbonyl (C=O) groups is 2. The molecule has 0 aliphatic carbocycles. The van der Waals surface area contributed by atoms with E-state index in [2.05, 4.69) is 24.5 Å². The second kappa shape index (κ2) is 8.47. The number of nitrogens with one attached hydrogen (secondary N) is 2. The lowest BCUT2D eigenvalue weighted by Gasteiger charge is -2.15. The lowest BCUT2D eigenvalue weighted by atomic mass is 10.0. The van der Waals surface area contributed by atoms with Crippen LogP contribution >= 0.6 is 0 Å². The third-order valence-corrected chi connectivity index (χ3v) is 4.15. The van der Waals surface area contributed by atoms with Gasteiger partial charge in [-0.3, -0.25) is 9.59 Å². The fourth-order valence-electron chi connectivity index (χ4n) is 2.61. The van der Waals surface area contributed by atoms with E-state index in [1.54, 1.807) is 24.3 Å². The summed E-state index contributed by atoms with van der Waals surface area (Å²) in [4.78, 5) is 24.5. The first-order valence-corrected chi connectivity index (χ1v) is 8.79. The normalized spacial score (nSPS) is 10.6. The predicted molar refractivity (Wildman–Crippen MR) is 103 cm³/mol. The van der Waals surface area contributed by atoms with E-state index in [4.69, 9.17) is 0 Å². The van der Waals surface area contributed by atoms with Gasteiger partial charge >= 0.3 is 0 Å². The van der Waals surface area contributed by atoms with Gasteiger partial charge in [0.25, 0.3) is 5.91 Å². The highest BCUT2D eigenvalue weighted by Crippen LogP contribution is 2.23. The minimum Gasteiger partial charge on any atom is -0.326 e. The van der Waals surface area contributed by atoms with Crippen molar-refractivity contribution in [1.82, 2.24) is 0 Å². The standard InChI is InChI=1S/C21H26N2O2/c1-5-15-9-7-10-16(6-2)19(15)23-21(25)17-11-8-12-18(13-17)22-20(24)14(3)4/h7-14H,5-6H2,1-4H3,(H,22,24)(H,23,25). The highest BCUT2D eigenvalue weighted by molar-refractivity contribution is 6.06. The zero-order chi connectivity index (χ0) is 18.4. The molecule has 2 amide bonds. The van der Waals surface area contributed by atoms with Gasteiger partial charge in [0.15, 0.2) is 0 Å². The molecule has 2 rings (SSSR count). The zero-order valence-corrected chi connectivity index (χ0v) is 15.3. The molecule has 0 aromatic heterocycles. The molecule has 0 bridgehead atoms. The summed E-state index contributed by atoms with van der Waals surface area (Å²) in [6, 6.07) is 13.1. The van der Waals surface area contributed by atoms with Crippen molar-refractivity contribution in [2.45, 2.75) is 40.5 Å². The van der Waals surface area contributed by atoms with Gasteiger partial charge in [0.1, 0.15) is 0 Å². The minimum absolute atomic E-state index is 0.0674. The summed E-state index contributed by atoms with van der Waals surface area (Å²) in [5.41, 5.74) is 4.29. The third-order valence-electron chi connectivity index (χ3n) is 4.15. The molecule has 2 aromatic rings. The number of hydrogen-bond donors (Lipinski definition) is 2. The third kappa shape index (κ3) is 4.69. The quantitative estimate of drug-likeness (QED) is 0.805. The fourth-order valence-corrected chi connectivity index (χ4v) is 2.61. The molecular formula is C21H26N2O2. The molecule has 0 heterocycles. The van der Waals surface area contributed by atoms with Gasteiger partial charge in [0.05, 0.1) is 0 Å². The van der Waals surface area contributed by atoms with Crippen LogP contribution in [0.2, 0.25) is 0 Å². The Morgan fingerprint density at radius 2 is 1.52 bits per heavy atom. The molecule has 0 radical (unpaired) electrons. The van der Waals surface area contributed by atoms with E-state index in [9.17, 15) is 9.59 Å². The number of benzene rings is 2. The topological polar surface area (TPSA) is 58.2 Å². The molecule has 0 unspecified atom stereocenters. The highest BCUT2D eigenvalue weighted by Gasteiger charge is 2.13. The Morgan fingerprint density at radius 3 is 2.08 bits per heavy atom. The van der Waals surface area contributed by atoms with Crippen LogP contribution in [-0.2, 0) is 17.6 Å². The summed E-state index contributed by atoms with van der Waals surface area (Å²) in [6.45, 7) is 7.82. The second-order valence-electron chi connectivity index (χ2n) is 6.34. The minimum atomic E-state index is -0.170. The summed E-state index contributed by atoms with van der Waals surface area (Å²) in [7, 11) is 0. The Morgan fingerprint density at radius 1 is 0.920 bits per heavy atom. The van der Waals surface area contributed by atoms with Crippen LogP contribution in [0.4, 0.5) is 11.4 Å². The van der Waals surface area contributed by atoms with Crippen molar-refractivity contribution >= 4 is 23.2 Å². The number of para-hydroxylation sites is 1. The van der Waals surface area contributed by atoms with Gasteiger partial charge < -0.3 is 10.6 Å². The summed E-state index contributed by atoms with van der Waals surface area (Å²) in [5, 5.41) is 5.88. The molecule has 0 saturated heterocycles. The van der Waals surface area contributed by atoms with Gasteiger partial charge in [-0.25, -0.2) is 0 Å². The van der Waals surface area contributed by atoms with Crippen molar-refractivity contribution in [1.29, 1.82) is 0 Å². The monoisotopic (exact) mass is 338 g/mol. The van der Waals surface area contributed by atoms with Gasteiger partial charge in [-0.2, -0.15) is 0 Å². The summed E-state index contributed by atoms with van der Waals surface area (Å²) >= 11 is 0. The number of carbonyl (C=O) groups excluding carboxylic acids is 2. The van der Waals surface area contributed by atoms with Crippen molar-refractivity contribution < 1.29 is 9.59 Å². The second-order valence-corrected chi connectivity index (χ2v) is 6.34. The molecule has 2 N–H and O–H groups in total. The highest BCUT2D eigenvalue weighted by atomic mass is 16.2. The number of aryl methyl sites for hydroxylation is 2. The largest absolute Gasteiger partial charge is 0.326 e. The Hall–Kier alpha value is -2.62. The first kappa shape index (κ1) is 18.7. The number of rotatable bonds is 6. The van der Waals surface area contributed by atoms with Gasteiger partial charge in [-0.05, 0) is 42.2 Å². The molecular weight excluding hydrogens is 312 g/mol. The number of amides is 2. The molecule has 0 aliphatic heterocycles. The Bertz CT molecular complexity index is 744. The van der Waals surface area contributed by atoms with Crippen LogP contribution < -0.4 is 10.6 Å². The van der Waals surface area contributed by atoms with Gasteiger partial charge in [-0.1, -0.05) is 52.0 Å². The van der Waals surface area contributed by atoms with Gasteiger partial charge in [0.2, 0.25) is 5.91 Å². The zero-order valence-electron chi connectivity index (χ0n) is 15.3. The Balaban J connectivity index is 2.23. The van der Waals surface area contributed by atoms with Crippen LogP contribution in [0, 0.1) is 5.92 Å². The first-order valence-electron chi connectivity index (χ1n) is 8.79. The molecule has 0 aliphatic rings. The molecule has 2 aromatic carbocycles. The molecule has 25 heavy (non-hydrogen) atoms. The van der Waals surface area contributed by atoms with Crippen LogP contribution in [0.5, 0.6) is 0 Å². The molecule has 4 nitrogen and oxygen atoms in total. The van der Waals surface area contributed by atoms with Crippen LogP contribution in [0.3, 0.4) is 0 Å². The fraction of sp³-hybridized carbons (Fsp3) is 0.333. The van der Waals surface area contributed by atoms with E-state index in [0.717, 1.165) is 29.7 Å². The van der Waals surface area contributed by atoms with Crippen LogP contribution in [0.25, 0.3) is 0 Å². The van der Waals surface area contributed by atoms with Crippen molar-refractivity contribution in [2.75, 3.05) is 10.6 Å². The lowest BCUT2D eigenvalue weighted by molar-refractivity contribution is -0.118. The lowest BCUT2D eigenvalue weighted by Crippen LogP contribution is -2.19. The van der Waals surface area contributed by atoms with Gasteiger partial charge in [-0.15, -0.1) is 0 Å². The maximum atomic E-state index is 12.7. The molecule has 0 fully saturated rings. The molecule has 0 saturated carbocycles. The van der Waals surface area contributed by atoms with E-state index in [0.29, 0.717) is 11.3 Å². The van der Waals surface area contributed by atoms with E-state index in [1.165, 1.54) is 0 Å². The predicted octanol–water partition coefficient (Wildman–Crippen LogP) is 4.66. The smallest absolute Gasteiger partial charge is 0.255 e. The van der Waals surface area contributed by atoms with E-state index in [-0.39, 0.29) is 17.7 Å². The molecule has 0 atom stereocenters. The van der Waals surface area contributed by atoms with Crippen LogP contribution in [-0.4, -0.2) is 11.8 Å². The first-order chi connectivity index (χ1) is 12.0. The van der Waals surface area contributed by atoms with Crippen molar-refractivity contribution in [3.63, 3.8) is 0 Å². The van der Waals surface area contributed by atoms with Crippen molar-refractivity contribution in [3.05, 3.63) is 59.2 Å². The summed E-state index contributed by atoms with van der Waals surface area (Å²) in [5.74, 6) is -0.348. The molecule has 4 heteroatoms. The maximum absolute atomic E-state index is 12.7. The van der Waals surface area contributed by atoms with Crippen molar-refractivity contribution in [3.8, 4) is 0 Å². The van der Waals surface area contributed by atoms with E-state index < -0.39 is 0 Å². The number of anilines is 2. The average Bonchev–Trinajstić information content (AvgIpc) is 2.61. The van der Waals surface area contributed by atoms with Gasteiger partial charge in [0, 0.05) is 22.9 Å². The number of hydrogen-bond acceptors (Lipinski definition) is 2. The summed E-state index contributed by atoms with van der Waals surface area (Å²) in [6.07, 6.45) is 1.71.